The number of hydrogen-bond acceptors (Lipinski definition) is 5. The fourth-order valence-corrected chi connectivity index (χ4v) is 3.12. The van der Waals surface area contributed by atoms with Gasteiger partial charge in [0.05, 0.1) is 13.1 Å². The molecule has 0 aliphatic rings. The highest BCUT2D eigenvalue weighted by atomic mass is 32.1. The average Bonchev–Trinajstić information content (AvgIpc) is 3.23. The maximum absolute atomic E-state index is 12.9. The van der Waals surface area contributed by atoms with Crippen LogP contribution in [0.2, 0.25) is 0 Å². The molecule has 8 heteroatoms. The molecule has 1 amide bonds. The molecule has 130 valence electrons. The van der Waals surface area contributed by atoms with Crippen molar-refractivity contribution in [3.8, 4) is 11.4 Å². The maximum atomic E-state index is 12.9. The van der Waals surface area contributed by atoms with Gasteiger partial charge in [-0.05, 0) is 55.0 Å². The molecule has 0 spiro atoms. The number of carbonyl (C=O) groups excluding carboxylic acids is 1. The Morgan fingerprint density at radius 3 is 2.76 bits per heavy atom. The predicted octanol–water partition coefficient (Wildman–Crippen LogP) is 2.95. The van der Waals surface area contributed by atoms with Crippen LogP contribution in [0, 0.1) is 12.7 Å². The Kier molecular flexibility index (Phi) is 5.49. The van der Waals surface area contributed by atoms with E-state index in [1.165, 1.54) is 21.8 Å². The highest BCUT2D eigenvalue weighted by molar-refractivity contribution is 7.11. The molecule has 3 rings (SSSR count). The smallest absolute Gasteiger partial charge is 0.220 e. The summed E-state index contributed by atoms with van der Waals surface area (Å²) in [6, 6.07) is 10.00. The Morgan fingerprint density at radius 1 is 1.24 bits per heavy atom. The number of nitrogens with one attached hydrogen (secondary N) is 1. The molecule has 1 aromatic carbocycles. The molecule has 3 aromatic rings. The fraction of sp³-hybridized carbons (Fsp3) is 0.294. The molecule has 6 nitrogen and oxygen atoms in total. The van der Waals surface area contributed by atoms with E-state index in [2.05, 4.69) is 20.7 Å². The van der Waals surface area contributed by atoms with Crippen molar-refractivity contribution in [2.24, 2.45) is 0 Å². The molecule has 0 fully saturated rings. The second-order valence-corrected chi connectivity index (χ2v) is 6.98. The van der Waals surface area contributed by atoms with Crippen molar-refractivity contribution in [3.05, 3.63) is 52.0 Å². The Hall–Kier alpha value is -2.61. The van der Waals surface area contributed by atoms with Gasteiger partial charge in [-0.15, -0.1) is 21.5 Å². The van der Waals surface area contributed by atoms with Gasteiger partial charge in [0.25, 0.3) is 0 Å². The number of amides is 1. The SMILES string of the molecule is Cc1ccc(CNC(=O)CCCn2nnc(-c3ccc(F)cc3)n2)s1. The highest BCUT2D eigenvalue weighted by Gasteiger charge is 2.07. The van der Waals surface area contributed by atoms with Gasteiger partial charge < -0.3 is 5.32 Å². The number of halogens is 1. The number of carbonyl (C=O) groups is 1. The van der Waals surface area contributed by atoms with Crippen LogP contribution in [-0.2, 0) is 17.9 Å². The van der Waals surface area contributed by atoms with Crippen molar-refractivity contribution in [1.29, 1.82) is 0 Å². The minimum Gasteiger partial charge on any atom is -0.351 e. The third kappa shape index (κ3) is 4.93. The third-order valence-corrected chi connectivity index (χ3v) is 4.57. The molecular formula is C17H18FN5OS. The fourth-order valence-electron chi connectivity index (χ4n) is 2.29. The van der Waals surface area contributed by atoms with Crippen molar-refractivity contribution >= 4 is 17.2 Å². The van der Waals surface area contributed by atoms with E-state index in [0.29, 0.717) is 37.3 Å². The number of thiophene rings is 1. The lowest BCUT2D eigenvalue weighted by Gasteiger charge is -2.03. The quantitative estimate of drug-likeness (QED) is 0.704. The number of nitrogens with zero attached hydrogens (tertiary/aromatic N) is 4. The van der Waals surface area contributed by atoms with Crippen LogP contribution in [0.3, 0.4) is 0 Å². The molecule has 0 aliphatic heterocycles. The molecule has 0 unspecified atom stereocenters. The molecule has 2 aromatic heterocycles. The maximum Gasteiger partial charge on any atom is 0.220 e. The molecule has 0 aliphatic carbocycles. The number of aromatic nitrogens is 4. The van der Waals surface area contributed by atoms with E-state index in [0.717, 1.165) is 4.88 Å². The zero-order chi connectivity index (χ0) is 17.6. The van der Waals surface area contributed by atoms with Crippen LogP contribution in [0.5, 0.6) is 0 Å². The first-order valence-electron chi connectivity index (χ1n) is 7.96. The summed E-state index contributed by atoms with van der Waals surface area (Å²) in [5.41, 5.74) is 0.705. The van der Waals surface area contributed by atoms with E-state index in [4.69, 9.17) is 0 Å². The van der Waals surface area contributed by atoms with Gasteiger partial charge in [-0.2, -0.15) is 4.80 Å². The molecular weight excluding hydrogens is 341 g/mol. The minimum atomic E-state index is -0.306. The summed E-state index contributed by atoms with van der Waals surface area (Å²) in [7, 11) is 0. The van der Waals surface area contributed by atoms with Crippen LogP contribution in [0.4, 0.5) is 4.39 Å². The first-order valence-corrected chi connectivity index (χ1v) is 8.77. The number of benzene rings is 1. The van der Waals surface area contributed by atoms with Gasteiger partial charge in [0.2, 0.25) is 11.7 Å². The van der Waals surface area contributed by atoms with Crippen molar-refractivity contribution in [2.75, 3.05) is 0 Å². The molecule has 0 atom stereocenters. The van der Waals surface area contributed by atoms with Gasteiger partial charge >= 0.3 is 0 Å². The summed E-state index contributed by atoms with van der Waals surface area (Å²) in [6.07, 6.45) is 1.02. The van der Waals surface area contributed by atoms with Crippen LogP contribution in [0.1, 0.15) is 22.6 Å². The minimum absolute atomic E-state index is 0.00456. The summed E-state index contributed by atoms with van der Waals surface area (Å²) in [4.78, 5) is 15.7. The number of rotatable bonds is 7. The Balaban J connectivity index is 1.43. The Bertz CT molecular complexity index is 843. The summed E-state index contributed by atoms with van der Waals surface area (Å²) in [5, 5.41) is 15.1. The molecule has 1 N–H and O–H groups in total. The lowest BCUT2D eigenvalue weighted by molar-refractivity contribution is -0.121. The zero-order valence-corrected chi connectivity index (χ0v) is 14.6. The van der Waals surface area contributed by atoms with Gasteiger partial charge in [0.1, 0.15) is 5.82 Å². The van der Waals surface area contributed by atoms with Gasteiger partial charge in [0.15, 0.2) is 0 Å². The number of tetrazole rings is 1. The third-order valence-electron chi connectivity index (χ3n) is 3.57. The van der Waals surface area contributed by atoms with E-state index in [1.807, 2.05) is 19.1 Å². The first-order chi connectivity index (χ1) is 12.1. The topological polar surface area (TPSA) is 72.7 Å². The second kappa shape index (κ2) is 7.98. The molecule has 25 heavy (non-hydrogen) atoms. The standard InChI is InChI=1S/C17H18FN5OS/c1-12-4-9-15(25-12)11-19-16(24)3-2-10-23-21-17(20-22-23)13-5-7-14(18)8-6-13/h4-9H,2-3,10-11H2,1H3,(H,19,24). The van der Waals surface area contributed by atoms with Crippen molar-refractivity contribution in [1.82, 2.24) is 25.5 Å². The zero-order valence-electron chi connectivity index (χ0n) is 13.8. The van der Waals surface area contributed by atoms with Crippen molar-refractivity contribution in [2.45, 2.75) is 32.9 Å². The lowest BCUT2D eigenvalue weighted by Crippen LogP contribution is -2.22. The number of hydrogen-bond donors (Lipinski definition) is 1. The summed E-state index contributed by atoms with van der Waals surface area (Å²) in [6.45, 7) is 3.11. The number of aryl methyl sites for hydroxylation is 2. The Labute approximate surface area is 148 Å². The molecule has 2 heterocycles. The Morgan fingerprint density at radius 2 is 2.04 bits per heavy atom. The normalized spacial score (nSPS) is 10.8. The van der Waals surface area contributed by atoms with E-state index >= 15 is 0 Å². The van der Waals surface area contributed by atoms with Gasteiger partial charge in [-0.1, -0.05) is 0 Å². The van der Waals surface area contributed by atoms with Gasteiger partial charge in [0, 0.05) is 21.7 Å². The molecule has 0 saturated carbocycles. The first kappa shape index (κ1) is 17.2. The van der Waals surface area contributed by atoms with Crippen LogP contribution in [0.15, 0.2) is 36.4 Å². The summed E-state index contributed by atoms with van der Waals surface area (Å²) >= 11 is 1.68. The van der Waals surface area contributed by atoms with Crippen molar-refractivity contribution in [3.63, 3.8) is 0 Å². The van der Waals surface area contributed by atoms with Crippen LogP contribution >= 0.6 is 11.3 Å². The van der Waals surface area contributed by atoms with Crippen LogP contribution in [0.25, 0.3) is 11.4 Å². The van der Waals surface area contributed by atoms with E-state index in [9.17, 15) is 9.18 Å². The lowest BCUT2D eigenvalue weighted by atomic mass is 10.2. The van der Waals surface area contributed by atoms with E-state index < -0.39 is 0 Å². The predicted molar refractivity (Wildman–Crippen MR) is 93.3 cm³/mol. The molecule has 0 radical (unpaired) electrons. The summed E-state index contributed by atoms with van der Waals surface area (Å²) in [5.74, 6) is 0.141. The van der Waals surface area contributed by atoms with Crippen molar-refractivity contribution < 1.29 is 9.18 Å². The van der Waals surface area contributed by atoms with E-state index in [1.54, 1.807) is 23.5 Å². The highest BCUT2D eigenvalue weighted by Crippen LogP contribution is 2.15. The monoisotopic (exact) mass is 359 g/mol. The summed E-state index contributed by atoms with van der Waals surface area (Å²) < 4.78 is 12.9. The second-order valence-electron chi connectivity index (χ2n) is 5.61. The van der Waals surface area contributed by atoms with Crippen LogP contribution in [-0.4, -0.2) is 26.1 Å². The molecule has 0 bridgehead atoms. The van der Waals surface area contributed by atoms with Crippen LogP contribution < -0.4 is 5.32 Å². The van der Waals surface area contributed by atoms with Gasteiger partial charge in [-0.3, -0.25) is 4.79 Å². The largest absolute Gasteiger partial charge is 0.351 e. The average molecular weight is 359 g/mol. The van der Waals surface area contributed by atoms with Gasteiger partial charge in [-0.25, -0.2) is 4.39 Å². The molecule has 0 saturated heterocycles. The van der Waals surface area contributed by atoms with E-state index in [-0.39, 0.29) is 11.7 Å².